The van der Waals surface area contributed by atoms with E-state index in [2.05, 4.69) is 36.0 Å². The van der Waals surface area contributed by atoms with Gasteiger partial charge in [0.2, 0.25) is 5.91 Å². The summed E-state index contributed by atoms with van der Waals surface area (Å²) in [5, 5.41) is 15.6. The minimum absolute atomic E-state index is 0.0214. The van der Waals surface area contributed by atoms with Crippen LogP contribution in [0.15, 0.2) is 41.7 Å². The SMILES string of the molecule is C=CCOC(=O)/C(C#N)=c1/s/c(=C/Nc2ccc(CCCC(=O)NCCN(CC)CC)cc2)c(=O)n1CC. The molecule has 0 saturated carbocycles. The van der Waals surface area contributed by atoms with E-state index in [1.807, 2.05) is 30.3 Å². The maximum Gasteiger partial charge on any atom is 0.352 e. The summed E-state index contributed by atoms with van der Waals surface area (Å²) in [6, 6.07) is 9.64. The van der Waals surface area contributed by atoms with Crippen molar-refractivity contribution in [2.45, 2.75) is 46.6 Å². The molecule has 2 N–H and O–H groups in total. The number of thiazole rings is 1. The Kier molecular flexibility index (Phi) is 13.0. The van der Waals surface area contributed by atoms with Gasteiger partial charge >= 0.3 is 5.97 Å². The fourth-order valence-corrected chi connectivity index (χ4v) is 4.81. The summed E-state index contributed by atoms with van der Waals surface area (Å²) in [7, 11) is 0. The van der Waals surface area contributed by atoms with Crippen molar-refractivity contribution in [3.8, 4) is 6.07 Å². The van der Waals surface area contributed by atoms with Crippen molar-refractivity contribution in [3.63, 3.8) is 0 Å². The molecular formula is C28H37N5O4S. The van der Waals surface area contributed by atoms with E-state index in [1.165, 1.54) is 10.6 Å². The van der Waals surface area contributed by atoms with E-state index in [0.29, 0.717) is 24.0 Å². The number of ether oxygens (including phenoxy) is 1. The number of likely N-dealkylation sites (N-methyl/N-ethyl adjacent to an activating group) is 1. The molecule has 1 aromatic carbocycles. The van der Waals surface area contributed by atoms with E-state index < -0.39 is 5.97 Å². The number of carbonyl (C=O) groups excluding carboxylic acids is 2. The number of nitrogens with one attached hydrogen (secondary N) is 2. The second kappa shape index (κ2) is 16.2. The molecule has 0 fully saturated rings. The monoisotopic (exact) mass is 539 g/mol. The van der Waals surface area contributed by atoms with Crippen LogP contribution in [-0.4, -0.2) is 54.1 Å². The molecule has 0 aliphatic rings. The van der Waals surface area contributed by atoms with Crippen molar-refractivity contribution < 1.29 is 14.3 Å². The molecule has 1 aromatic heterocycles. The first-order valence-electron chi connectivity index (χ1n) is 12.8. The highest BCUT2D eigenvalue weighted by Crippen LogP contribution is 2.12. The van der Waals surface area contributed by atoms with Gasteiger partial charge in [0.25, 0.3) is 5.56 Å². The van der Waals surface area contributed by atoms with Gasteiger partial charge in [-0.1, -0.05) is 38.6 Å². The van der Waals surface area contributed by atoms with Crippen molar-refractivity contribution in [1.82, 2.24) is 14.8 Å². The van der Waals surface area contributed by atoms with E-state index in [1.54, 1.807) is 13.1 Å². The number of nitriles is 1. The smallest absolute Gasteiger partial charge is 0.352 e. The molecule has 0 saturated heterocycles. The van der Waals surface area contributed by atoms with Crippen LogP contribution >= 0.6 is 11.3 Å². The van der Waals surface area contributed by atoms with Crippen molar-refractivity contribution in [1.29, 1.82) is 5.26 Å². The molecule has 1 heterocycles. The molecule has 0 aliphatic heterocycles. The molecule has 0 atom stereocenters. The fraction of sp³-hybridized carbons (Fsp3) is 0.429. The van der Waals surface area contributed by atoms with Gasteiger partial charge < -0.3 is 20.3 Å². The minimum Gasteiger partial charge on any atom is -0.457 e. The van der Waals surface area contributed by atoms with E-state index in [-0.39, 0.29) is 28.3 Å². The quantitative estimate of drug-likeness (QED) is 0.263. The molecule has 2 rings (SSSR count). The molecule has 1 amide bonds. The van der Waals surface area contributed by atoms with Crippen LogP contribution in [0.1, 0.15) is 39.2 Å². The Morgan fingerprint density at radius 3 is 2.53 bits per heavy atom. The molecule has 0 bridgehead atoms. The fourth-order valence-electron chi connectivity index (χ4n) is 3.73. The molecule has 0 unspecified atom stereocenters. The Bertz CT molecular complexity index is 1300. The molecule has 2 aromatic rings. The molecule has 204 valence electrons. The van der Waals surface area contributed by atoms with Gasteiger partial charge in [0.15, 0.2) is 5.57 Å². The Hall–Kier alpha value is -3.68. The number of anilines is 1. The summed E-state index contributed by atoms with van der Waals surface area (Å²) < 4.78 is 6.99. The van der Waals surface area contributed by atoms with Crippen molar-refractivity contribution in [2.75, 3.05) is 38.1 Å². The molecule has 9 nitrogen and oxygen atoms in total. The number of benzene rings is 1. The van der Waals surface area contributed by atoms with E-state index in [0.717, 1.165) is 55.1 Å². The van der Waals surface area contributed by atoms with Crippen LogP contribution in [0.3, 0.4) is 0 Å². The number of esters is 1. The highest BCUT2D eigenvalue weighted by Gasteiger charge is 2.16. The van der Waals surface area contributed by atoms with Gasteiger partial charge in [0.05, 0.1) is 0 Å². The highest BCUT2D eigenvalue weighted by atomic mass is 32.1. The second-order valence-corrected chi connectivity index (χ2v) is 9.44. The van der Waals surface area contributed by atoms with Crippen LogP contribution in [0.4, 0.5) is 5.69 Å². The number of aromatic nitrogens is 1. The van der Waals surface area contributed by atoms with E-state index in [9.17, 15) is 19.6 Å². The average Bonchev–Trinajstić information content (AvgIpc) is 3.24. The average molecular weight is 540 g/mol. The van der Waals surface area contributed by atoms with Crippen LogP contribution < -0.4 is 25.4 Å². The Balaban J connectivity index is 2.01. The van der Waals surface area contributed by atoms with Crippen LogP contribution in [0.5, 0.6) is 0 Å². The lowest BCUT2D eigenvalue weighted by atomic mass is 10.1. The van der Waals surface area contributed by atoms with Gasteiger partial charge in [-0.25, -0.2) is 4.79 Å². The standard InChI is InChI=1S/C28H37N5O4S/c1-5-18-37-28(36)23(19-29)27-33(8-4)26(35)24(38-27)20-31-22-14-12-21(13-15-22)10-9-11-25(34)30-16-17-32(6-2)7-3/h5,12-15,20,31H,1,6-11,16-18H2,2-4H3,(H,30,34)/b24-20+,27-23+. The second-order valence-electron chi connectivity index (χ2n) is 8.41. The van der Waals surface area contributed by atoms with Gasteiger partial charge in [-0.15, -0.1) is 11.3 Å². The van der Waals surface area contributed by atoms with E-state index >= 15 is 0 Å². The molecule has 38 heavy (non-hydrogen) atoms. The van der Waals surface area contributed by atoms with Gasteiger partial charge in [0.1, 0.15) is 21.9 Å². The Labute approximate surface area is 227 Å². The van der Waals surface area contributed by atoms with Gasteiger partial charge in [-0.2, -0.15) is 5.26 Å². The zero-order chi connectivity index (χ0) is 27.9. The number of amides is 1. The summed E-state index contributed by atoms with van der Waals surface area (Å²) in [6.07, 6.45) is 5.02. The van der Waals surface area contributed by atoms with Crippen molar-refractivity contribution >= 4 is 40.7 Å². The number of hydrogen-bond donors (Lipinski definition) is 2. The van der Waals surface area contributed by atoms with E-state index in [4.69, 9.17) is 4.74 Å². The highest BCUT2D eigenvalue weighted by molar-refractivity contribution is 7.07. The Morgan fingerprint density at radius 2 is 1.92 bits per heavy atom. The first-order chi connectivity index (χ1) is 18.4. The molecule has 0 aliphatic carbocycles. The topological polar surface area (TPSA) is 116 Å². The van der Waals surface area contributed by atoms with Gasteiger partial charge in [0, 0.05) is 37.9 Å². The summed E-state index contributed by atoms with van der Waals surface area (Å²) in [4.78, 5) is 39.4. The molecule has 10 heteroatoms. The van der Waals surface area contributed by atoms with Gasteiger partial charge in [-0.3, -0.25) is 14.2 Å². The van der Waals surface area contributed by atoms with Crippen LogP contribution in [0, 0.1) is 11.3 Å². The zero-order valence-electron chi connectivity index (χ0n) is 22.4. The molecular weight excluding hydrogens is 502 g/mol. The van der Waals surface area contributed by atoms with Crippen LogP contribution in [0.2, 0.25) is 0 Å². The number of hydrogen-bond acceptors (Lipinski definition) is 8. The number of rotatable bonds is 15. The maximum atomic E-state index is 12.8. The van der Waals surface area contributed by atoms with Crippen LogP contribution in [0.25, 0.3) is 11.8 Å². The molecule has 0 spiro atoms. The minimum atomic E-state index is -0.789. The third kappa shape index (κ3) is 9.01. The van der Waals surface area contributed by atoms with Crippen LogP contribution in [-0.2, 0) is 27.3 Å². The first-order valence-corrected chi connectivity index (χ1v) is 13.7. The van der Waals surface area contributed by atoms with Crippen molar-refractivity contribution in [3.05, 3.63) is 62.0 Å². The third-order valence-electron chi connectivity index (χ3n) is 5.92. The largest absolute Gasteiger partial charge is 0.457 e. The van der Waals surface area contributed by atoms with Crippen molar-refractivity contribution in [2.24, 2.45) is 0 Å². The number of carbonyl (C=O) groups is 2. The lowest BCUT2D eigenvalue weighted by Gasteiger charge is -2.17. The third-order valence-corrected chi connectivity index (χ3v) is 7.05. The zero-order valence-corrected chi connectivity index (χ0v) is 23.2. The Morgan fingerprint density at radius 1 is 1.21 bits per heavy atom. The predicted octanol–water partition coefficient (Wildman–Crippen LogP) is 1.96. The normalized spacial score (nSPS) is 12.1. The summed E-state index contributed by atoms with van der Waals surface area (Å²) >= 11 is 1.06. The lowest BCUT2D eigenvalue weighted by molar-refractivity contribution is -0.135. The summed E-state index contributed by atoms with van der Waals surface area (Å²) in [5.41, 5.74) is 1.40. The first kappa shape index (κ1) is 30.5. The predicted molar refractivity (Wildman–Crippen MR) is 152 cm³/mol. The van der Waals surface area contributed by atoms with Gasteiger partial charge in [-0.05, 0) is 50.6 Å². The maximum absolute atomic E-state index is 12.8. The number of aryl methyl sites for hydroxylation is 1. The molecule has 0 radical (unpaired) electrons. The summed E-state index contributed by atoms with van der Waals surface area (Å²) in [5.74, 6) is -0.716. The summed E-state index contributed by atoms with van der Waals surface area (Å²) in [6.45, 7) is 13.3. The number of nitrogens with zero attached hydrogens (tertiary/aromatic N) is 3. The lowest BCUT2D eigenvalue weighted by Crippen LogP contribution is -2.34.